The average molecular weight is 284 g/mol. The van der Waals surface area contributed by atoms with Crippen molar-refractivity contribution in [3.63, 3.8) is 0 Å². The minimum atomic E-state index is 0.737. The molecular formula is C18H24N2O. The molecule has 0 amide bonds. The molecule has 0 fully saturated rings. The van der Waals surface area contributed by atoms with Crippen molar-refractivity contribution in [1.82, 2.24) is 10.3 Å². The molecule has 21 heavy (non-hydrogen) atoms. The number of hydrogen-bond acceptors (Lipinski definition) is 3. The Morgan fingerprint density at radius 2 is 1.86 bits per heavy atom. The Hall–Kier alpha value is -1.87. The Labute approximate surface area is 127 Å². The molecule has 2 rings (SSSR count). The van der Waals surface area contributed by atoms with Crippen LogP contribution in [-0.4, -0.2) is 18.6 Å². The fraction of sp³-hybridized carbons (Fsp3) is 0.389. The third kappa shape index (κ3) is 5.20. The standard InChI is InChI=1S/C18H24N2O/c1-15-11-12-18(17(20-15)14-19-2)21-13-7-6-10-16-8-4-3-5-9-16/h3-5,8-9,11-12,19H,6-7,10,13-14H2,1-2H3. The molecule has 0 aliphatic carbocycles. The van der Waals surface area contributed by atoms with Crippen LogP contribution in [0.5, 0.6) is 5.75 Å². The SMILES string of the molecule is CNCc1nc(C)ccc1OCCCCc1ccccc1. The first kappa shape index (κ1) is 15.5. The summed E-state index contributed by atoms with van der Waals surface area (Å²) in [6, 6.07) is 14.6. The van der Waals surface area contributed by atoms with Crippen molar-refractivity contribution < 1.29 is 4.74 Å². The van der Waals surface area contributed by atoms with E-state index in [1.165, 1.54) is 5.56 Å². The van der Waals surface area contributed by atoms with Gasteiger partial charge in [0.1, 0.15) is 5.75 Å². The van der Waals surface area contributed by atoms with Gasteiger partial charge in [0, 0.05) is 12.2 Å². The van der Waals surface area contributed by atoms with E-state index in [9.17, 15) is 0 Å². The summed E-state index contributed by atoms with van der Waals surface area (Å²) in [6.45, 7) is 3.48. The molecule has 0 atom stereocenters. The number of aryl methyl sites for hydroxylation is 2. The minimum Gasteiger partial charge on any atom is -0.492 e. The minimum absolute atomic E-state index is 0.737. The number of nitrogens with zero attached hydrogens (tertiary/aromatic N) is 1. The molecule has 112 valence electrons. The van der Waals surface area contributed by atoms with E-state index in [-0.39, 0.29) is 0 Å². The first-order valence-corrected chi connectivity index (χ1v) is 7.57. The highest BCUT2D eigenvalue weighted by atomic mass is 16.5. The zero-order valence-corrected chi connectivity index (χ0v) is 12.9. The third-order valence-electron chi connectivity index (χ3n) is 3.38. The van der Waals surface area contributed by atoms with Gasteiger partial charge in [0.05, 0.1) is 12.3 Å². The Kier molecular flexibility index (Phi) is 6.22. The van der Waals surface area contributed by atoms with Crippen molar-refractivity contribution in [3.8, 4) is 5.75 Å². The molecule has 0 saturated heterocycles. The maximum absolute atomic E-state index is 5.88. The van der Waals surface area contributed by atoms with Gasteiger partial charge in [-0.15, -0.1) is 0 Å². The molecule has 3 heteroatoms. The molecule has 0 saturated carbocycles. The van der Waals surface area contributed by atoms with E-state index in [2.05, 4.69) is 40.6 Å². The summed E-state index contributed by atoms with van der Waals surface area (Å²) in [5.74, 6) is 0.898. The third-order valence-corrected chi connectivity index (χ3v) is 3.38. The number of benzene rings is 1. The summed E-state index contributed by atoms with van der Waals surface area (Å²) < 4.78 is 5.88. The van der Waals surface area contributed by atoms with Crippen LogP contribution in [0.2, 0.25) is 0 Å². The van der Waals surface area contributed by atoms with Crippen LogP contribution in [0.3, 0.4) is 0 Å². The topological polar surface area (TPSA) is 34.2 Å². The average Bonchev–Trinajstić information content (AvgIpc) is 2.50. The number of unbranched alkanes of at least 4 members (excludes halogenated alkanes) is 1. The summed E-state index contributed by atoms with van der Waals surface area (Å²) in [6.07, 6.45) is 3.31. The van der Waals surface area contributed by atoms with E-state index in [0.29, 0.717) is 0 Å². The molecule has 1 aromatic carbocycles. The van der Waals surface area contributed by atoms with Gasteiger partial charge in [-0.2, -0.15) is 0 Å². The summed E-state index contributed by atoms with van der Waals surface area (Å²) in [5.41, 5.74) is 3.41. The van der Waals surface area contributed by atoms with E-state index in [0.717, 1.165) is 49.6 Å². The lowest BCUT2D eigenvalue weighted by Gasteiger charge is -2.11. The maximum Gasteiger partial charge on any atom is 0.142 e. The molecule has 1 aromatic heterocycles. The molecule has 1 N–H and O–H groups in total. The highest BCUT2D eigenvalue weighted by Crippen LogP contribution is 2.17. The van der Waals surface area contributed by atoms with Crippen LogP contribution in [0.4, 0.5) is 0 Å². The van der Waals surface area contributed by atoms with Crippen LogP contribution in [0.15, 0.2) is 42.5 Å². The van der Waals surface area contributed by atoms with Crippen LogP contribution in [0, 0.1) is 6.92 Å². The Morgan fingerprint density at radius 3 is 2.62 bits per heavy atom. The Morgan fingerprint density at radius 1 is 1.05 bits per heavy atom. The van der Waals surface area contributed by atoms with Crippen molar-refractivity contribution in [3.05, 3.63) is 59.4 Å². The zero-order chi connectivity index (χ0) is 14.9. The number of nitrogens with one attached hydrogen (secondary N) is 1. The summed E-state index contributed by atoms with van der Waals surface area (Å²) in [4.78, 5) is 4.52. The summed E-state index contributed by atoms with van der Waals surface area (Å²) in [7, 11) is 1.92. The molecule has 0 radical (unpaired) electrons. The molecular weight excluding hydrogens is 260 g/mol. The Balaban J connectivity index is 1.75. The van der Waals surface area contributed by atoms with Crippen LogP contribution in [0.25, 0.3) is 0 Å². The molecule has 2 aromatic rings. The summed E-state index contributed by atoms with van der Waals surface area (Å²) >= 11 is 0. The lowest BCUT2D eigenvalue weighted by atomic mass is 10.1. The van der Waals surface area contributed by atoms with Gasteiger partial charge in [0.25, 0.3) is 0 Å². The van der Waals surface area contributed by atoms with E-state index in [1.54, 1.807) is 0 Å². The summed E-state index contributed by atoms with van der Waals surface area (Å²) in [5, 5.41) is 3.13. The highest BCUT2D eigenvalue weighted by molar-refractivity contribution is 5.29. The molecule has 0 aliphatic rings. The van der Waals surface area contributed by atoms with Gasteiger partial charge >= 0.3 is 0 Å². The number of ether oxygens (including phenoxy) is 1. The number of rotatable bonds is 8. The van der Waals surface area contributed by atoms with Crippen molar-refractivity contribution in [2.45, 2.75) is 32.7 Å². The predicted molar refractivity (Wildman–Crippen MR) is 86.6 cm³/mol. The van der Waals surface area contributed by atoms with Crippen molar-refractivity contribution in [2.75, 3.05) is 13.7 Å². The fourth-order valence-corrected chi connectivity index (χ4v) is 2.28. The van der Waals surface area contributed by atoms with Gasteiger partial charge < -0.3 is 10.1 Å². The van der Waals surface area contributed by atoms with Gasteiger partial charge in [0.2, 0.25) is 0 Å². The quantitative estimate of drug-likeness (QED) is 0.753. The van der Waals surface area contributed by atoms with E-state index in [1.807, 2.05) is 26.1 Å². The first-order valence-electron chi connectivity index (χ1n) is 7.57. The first-order chi connectivity index (χ1) is 10.3. The van der Waals surface area contributed by atoms with Gasteiger partial charge in [-0.25, -0.2) is 0 Å². The predicted octanol–water partition coefficient (Wildman–Crippen LogP) is 3.51. The lowest BCUT2D eigenvalue weighted by Crippen LogP contribution is -2.10. The largest absolute Gasteiger partial charge is 0.492 e. The van der Waals surface area contributed by atoms with Crippen molar-refractivity contribution in [1.29, 1.82) is 0 Å². The molecule has 0 spiro atoms. The molecule has 1 heterocycles. The van der Waals surface area contributed by atoms with Crippen molar-refractivity contribution >= 4 is 0 Å². The van der Waals surface area contributed by atoms with Gasteiger partial charge in [-0.05, 0) is 50.9 Å². The smallest absolute Gasteiger partial charge is 0.142 e. The monoisotopic (exact) mass is 284 g/mol. The number of hydrogen-bond donors (Lipinski definition) is 1. The normalized spacial score (nSPS) is 10.6. The molecule has 0 aliphatic heterocycles. The fourth-order valence-electron chi connectivity index (χ4n) is 2.28. The Bertz CT molecular complexity index is 540. The van der Waals surface area contributed by atoms with Gasteiger partial charge in [-0.3, -0.25) is 4.98 Å². The van der Waals surface area contributed by atoms with Gasteiger partial charge in [0.15, 0.2) is 0 Å². The van der Waals surface area contributed by atoms with E-state index in [4.69, 9.17) is 4.74 Å². The number of pyridine rings is 1. The lowest BCUT2D eigenvalue weighted by molar-refractivity contribution is 0.301. The van der Waals surface area contributed by atoms with Crippen LogP contribution < -0.4 is 10.1 Å². The highest BCUT2D eigenvalue weighted by Gasteiger charge is 2.05. The second-order valence-electron chi connectivity index (χ2n) is 5.22. The van der Waals surface area contributed by atoms with Crippen molar-refractivity contribution in [2.24, 2.45) is 0 Å². The van der Waals surface area contributed by atoms with Crippen LogP contribution >= 0.6 is 0 Å². The van der Waals surface area contributed by atoms with Crippen LogP contribution in [-0.2, 0) is 13.0 Å². The number of aromatic nitrogens is 1. The second-order valence-corrected chi connectivity index (χ2v) is 5.22. The van der Waals surface area contributed by atoms with Crippen LogP contribution in [0.1, 0.15) is 29.8 Å². The van der Waals surface area contributed by atoms with E-state index >= 15 is 0 Å². The second kappa shape index (κ2) is 8.42. The maximum atomic E-state index is 5.88. The molecule has 0 bridgehead atoms. The zero-order valence-electron chi connectivity index (χ0n) is 12.9. The van der Waals surface area contributed by atoms with E-state index < -0.39 is 0 Å². The molecule has 3 nitrogen and oxygen atoms in total. The molecule has 0 unspecified atom stereocenters. The van der Waals surface area contributed by atoms with Gasteiger partial charge in [-0.1, -0.05) is 30.3 Å².